The minimum atomic E-state index is -1.05. The lowest BCUT2D eigenvalue weighted by atomic mass is 10.1. The maximum absolute atomic E-state index is 12.6. The van der Waals surface area contributed by atoms with Crippen molar-refractivity contribution in [3.05, 3.63) is 59.7 Å². The molecule has 6 heteroatoms. The summed E-state index contributed by atoms with van der Waals surface area (Å²) in [5.74, 6) is -0.530. The fourth-order valence-corrected chi connectivity index (χ4v) is 2.95. The molecule has 0 bridgehead atoms. The fraction of sp³-hybridized carbons (Fsp3) is 0.263. The highest BCUT2D eigenvalue weighted by molar-refractivity contribution is 5.95. The first kappa shape index (κ1) is 15.5. The molecule has 2 aromatic carbocycles. The smallest absolute Gasteiger partial charge is 0.414 e. The average molecular weight is 339 g/mol. The van der Waals surface area contributed by atoms with Crippen molar-refractivity contribution in [3.8, 4) is 5.75 Å². The zero-order valence-corrected chi connectivity index (χ0v) is 13.5. The Hall–Kier alpha value is -3.02. The third kappa shape index (κ3) is 3.03. The predicted molar refractivity (Wildman–Crippen MR) is 90.0 cm³/mol. The molecule has 6 nitrogen and oxygen atoms in total. The van der Waals surface area contributed by atoms with Gasteiger partial charge in [-0.05, 0) is 36.6 Å². The second-order valence-electron chi connectivity index (χ2n) is 6.40. The van der Waals surface area contributed by atoms with Gasteiger partial charge in [0.2, 0.25) is 0 Å². The van der Waals surface area contributed by atoms with E-state index in [0.717, 1.165) is 18.4 Å². The van der Waals surface area contributed by atoms with Gasteiger partial charge in [-0.15, -0.1) is 0 Å². The van der Waals surface area contributed by atoms with E-state index in [1.54, 1.807) is 6.07 Å². The number of rotatable bonds is 3. The standard InChI is InChI=1S/C19H17NO5/c21-17(22)14-6-7-16-15(10-14)20(12-19(25-16)8-9-19)18(23)24-11-13-4-2-1-3-5-13/h1-7,10H,8-9,11-12H2,(H,21,22). The van der Waals surface area contributed by atoms with E-state index in [-0.39, 0.29) is 17.8 Å². The summed E-state index contributed by atoms with van der Waals surface area (Å²) < 4.78 is 11.4. The number of aromatic carboxylic acids is 1. The summed E-state index contributed by atoms with van der Waals surface area (Å²) in [5.41, 5.74) is 1.08. The molecule has 4 rings (SSSR count). The van der Waals surface area contributed by atoms with E-state index in [1.165, 1.54) is 17.0 Å². The number of carbonyl (C=O) groups is 2. The van der Waals surface area contributed by atoms with Gasteiger partial charge in [0, 0.05) is 0 Å². The molecule has 0 aromatic heterocycles. The van der Waals surface area contributed by atoms with Crippen molar-refractivity contribution in [2.75, 3.05) is 11.4 Å². The van der Waals surface area contributed by atoms with Gasteiger partial charge in [0.05, 0.1) is 17.8 Å². The van der Waals surface area contributed by atoms with Crippen molar-refractivity contribution >= 4 is 17.7 Å². The number of benzene rings is 2. The van der Waals surface area contributed by atoms with Crippen molar-refractivity contribution in [1.29, 1.82) is 0 Å². The molecule has 25 heavy (non-hydrogen) atoms. The van der Waals surface area contributed by atoms with Crippen LogP contribution in [-0.2, 0) is 11.3 Å². The Kier molecular flexibility index (Phi) is 3.60. The minimum absolute atomic E-state index is 0.106. The molecule has 0 atom stereocenters. The molecule has 2 aromatic rings. The molecule has 0 radical (unpaired) electrons. The number of nitrogens with zero attached hydrogens (tertiary/aromatic N) is 1. The molecule has 1 aliphatic carbocycles. The number of ether oxygens (including phenoxy) is 2. The summed E-state index contributed by atoms with van der Waals surface area (Å²) in [4.78, 5) is 25.4. The highest BCUT2D eigenvalue weighted by Crippen LogP contribution is 2.48. The summed E-state index contributed by atoms with van der Waals surface area (Å²) >= 11 is 0. The Labute approximate surface area is 144 Å². The molecule has 128 valence electrons. The van der Waals surface area contributed by atoms with Gasteiger partial charge in [-0.1, -0.05) is 30.3 Å². The Morgan fingerprint density at radius 2 is 1.92 bits per heavy atom. The van der Waals surface area contributed by atoms with Gasteiger partial charge < -0.3 is 14.6 Å². The van der Waals surface area contributed by atoms with E-state index in [0.29, 0.717) is 18.0 Å². The van der Waals surface area contributed by atoms with E-state index >= 15 is 0 Å². The predicted octanol–water partition coefficient (Wildman–Crippen LogP) is 3.45. The zero-order valence-electron chi connectivity index (χ0n) is 13.5. The quantitative estimate of drug-likeness (QED) is 0.927. The van der Waals surface area contributed by atoms with Crippen LogP contribution in [-0.4, -0.2) is 29.3 Å². The molecule has 0 saturated heterocycles. The highest BCUT2D eigenvalue weighted by Gasteiger charge is 2.51. The van der Waals surface area contributed by atoms with Crippen LogP contribution in [0.5, 0.6) is 5.75 Å². The maximum atomic E-state index is 12.6. The largest absolute Gasteiger partial charge is 0.483 e. The molecule has 1 amide bonds. The lowest BCUT2D eigenvalue weighted by molar-refractivity contribution is 0.0696. The van der Waals surface area contributed by atoms with E-state index in [2.05, 4.69) is 0 Å². The van der Waals surface area contributed by atoms with Crippen LogP contribution in [0.4, 0.5) is 10.5 Å². The van der Waals surface area contributed by atoms with Crippen molar-refractivity contribution in [2.24, 2.45) is 0 Å². The van der Waals surface area contributed by atoms with E-state index in [9.17, 15) is 14.7 Å². The number of carboxylic acids is 1. The molecule has 1 spiro atoms. The molecule has 1 aliphatic heterocycles. The van der Waals surface area contributed by atoms with Crippen LogP contribution in [0.1, 0.15) is 28.8 Å². The second kappa shape index (κ2) is 5.81. The van der Waals surface area contributed by atoms with Gasteiger partial charge in [0.15, 0.2) is 0 Å². The van der Waals surface area contributed by atoms with Crippen molar-refractivity contribution < 1.29 is 24.2 Å². The van der Waals surface area contributed by atoms with Crippen molar-refractivity contribution in [2.45, 2.75) is 25.0 Å². The number of amides is 1. The average Bonchev–Trinajstić information content (AvgIpc) is 3.38. The third-order valence-corrected chi connectivity index (χ3v) is 4.50. The molecular formula is C19H17NO5. The normalized spacial score (nSPS) is 16.7. The number of fused-ring (bicyclic) bond motifs is 1. The maximum Gasteiger partial charge on any atom is 0.414 e. The molecule has 2 aliphatic rings. The van der Waals surface area contributed by atoms with E-state index in [4.69, 9.17) is 9.47 Å². The molecule has 1 saturated carbocycles. The molecular weight excluding hydrogens is 322 g/mol. The number of carbonyl (C=O) groups excluding carboxylic acids is 1. The van der Waals surface area contributed by atoms with Crippen LogP contribution >= 0.6 is 0 Å². The van der Waals surface area contributed by atoms with Crippen LogP contribution < -0.4 is 9.64 Å². The first-order valence-corrected chi connectivity index (χ1v) is 8.11. The van der Waals surface area contributed by atoms with Gasteiger partial charge >= 0.3 is 12.1 Å². The Bertz CT molecular complexity index is 829. The van der Waals surface area contributed by atoms with Crippen molar-refractivity contribution in [1.82, 2.24) is 0 Å². The van der Waals surface area contributed by atoms with Crippen LogP contribution in [0.2, 0.25) is 0 Å². The summed E-state index contributed by atoms with van der Waals surface area (Å²) in [6.45, 7) is 0.536. The lowest BCUT2D eigenvalue weighted by Crippen LogP contribution is -2.45. The van der Waals surface area contributed by atoms with Crippen molar-refractivity contribution in [3.63, 3.8) is 0 Å². The van der Waals surface area contributed by atoms with Gasteiger partial charge in [-0.3, -0.25) is 4.90 Å². The minimum Gasteiger partial charge on any atom is -0.483 e. The third-order valence-electron chi connectivity index (χ3n) is 4.50. The van der Waals surface area contributed by atoms with Crippen LogP contribution in [0.3, 0.4) is 0 Å². The molecule has 1 fully saturated rings. The molecule has 1 heterocycles. The summed E-state index contributed by atoms with van der Waals surface area (Å²) in [6.07, 6.45) is 1.24. The van der Waals surface area contributed by atoms with Crippen LogP contribution in [0.15, 0.2) is 48.5 Å². The van der Waals surface area contributed by atoms with Gasteiger partial charge in [-0.25, -0.2) is 9.59 Å². The topological polar surface area (TPSA) is 76.1 Å². The van der Waals surface area contributed by atoms with Gasteiger partial charge in [0.25, 0.3) is 0 Å². The Morgan fingerprint density at radius 3 is 2.60 bits per heavy atom. The van der Waals surface area contributed by atoms with E-state index in [1.807, 2.05) is 30.3 Å². The highest BCUT2D eigenvalue weighted by atomic mass is 16.6. The second-order valence-corrected chi connectivity index (χ2v) is 6.40. The fourth-order valence-electron chi connectivity index (χ4n) is 2.95. The number of carboxylic acid groups (broad SMARTS) is 1. The van der Waals surface area contributed by atoms with E-state index < -0.39 is 12.1 Å². The number of hydrogen-bond acceptors (Lipinski definition) is 4. The zero-order chi connectivity index (χ0) is 17.4. The summed E-state index contributed by atoms with van der Waals surface area (Å²) in [7, 11) is 0. The first-order valence-electron chi connectivity index (χ1n) is 8.11. The summed E-state index contributed by atoms with van der Waals surface area (Å²) in [5, 5.41) is 9.20. The lowest BCUT2D eigenvalue weighted by Gasteiger charge is -2.34. The summed E-state index contributed by atoms with van der Waals surface area (Å²) in [6, 6.07) is 14.0. The van der Waals surface area contributed by atoms with Gasteiger partial charge in [-0.2, -0.15) is 0 Å². The SMILES string of the molecule is O=C(O)c1ccc2c(c1)N(C(=O)OCc1ccccc1)CC1(CC1)O2. The van der Waals surface area contributed by atoms with Gasteiger partial charge in [0.1, 0.15) is 18.0 Å². The van der Waals surface area contributed by atoms with Crippen LogP contribution in [0, 0.1) is 0 Å². The Balaban J connectivity index is 1.59. The number of anilines is 1. The molecule has 0 unspecified atom stereocenters. The van der Waals surface area contributed by atoms with Crippen LogP contribution in [0.25, 0.3) is 0 Å². The number of hydrogen-bond donors (Lipinski definition) is 1. The monoisotopic (exact) mass is 339 g/mol. The molecule has 1 N–H and O–H groups in total. The first-order chi connectivity index (χ1) is 12.1. The Morgan fingerprint density at radius 1 is 1.16 bits per heavy atom.